The highest BCUT2D eigenvalue weighted by Crippen LogP contribution is 2.33. The second-order valence-electron chi connectivity index (χ2n) is 7.22. The predicted molar refractivity (Wildman–Crippen MR) is 116 cm³/mol. The number of ether oxygens (including phenoxy) is 2. The molecule has 0 atom stereocenters. The van der Waals surface area contributed by atoms with Crippen LogP contribution in [0.5, 0.6) is 5.88 Å². The van der Waals surface area contributed by atoms with Crippen molar-refractivity contribution in [3.8, 4) is 11.7 Å². The summed E-state index contributed by atoms with van der Waals surface area (Å²) >= 11 is 5.93. The molecular weight excluding hydrogens is 496 g/mol. The Morgan fingerprint density at radius 3 is 2.57 bits per heavy atom. The van der Waals surface area contributed by atoms with Crippen molar-refractivity contribution in [2.45, 2.75) is 32.9 Å². The Balaban J connectivity index is 1.75. The molecule has 4 rings (SSSR count). The Hall–Kier alpha value is -3.58. The molecule has 0 unspecified atom stereocenters. The molecule has 0 aliphatic heterocycles. The van der Waals surface area contributed by atoms with Gasteiger partial charge < -0.3 is 9.47 Å². The summed E-state index contributed by atoms with van der Waals surface area (Å²) < 4.78 is 66.0. The third kappa shape index (κ3) is 5.25. The standard InChI is InChI=1S/C21H17ClF4N6O3/c1-2-31-14(10-34-9-12-6-4-3-5-7-12)30-32(20(31)33)18-16(23)13-8-27-29-17(22)15(13)19(28-18)35-11-21(24,25)26/h3-8H,2,9-11H2,1H3. The summed E-state index contributed by atoms with van der Waals surface area (Å²) in [6.07, 6.45) is -3.77. The largest absolute Gasteiger partial charge is 0.467 e. The molecule has 35 heavy (non-hydrogen) atoms. The lowest BCUT2D eigenvalue weighted by Crippen LogP contribution is -2.26. The Bertz CT molecular complexity index is 1410. The van der Waals surface area contributed by atoms with E-state index in [0.717, 1.165) is 11.8 Å². The summed E-state index contributed by atoms with van der Waals surface area (Å²) in [5.41, 5.74) is 0.121. The second kappa shape index (κ2) is 9.96. The molecule has 0 bridgehead atoms. The van der Waals surface area contributed by atoms with Crippen LogP contribution in [0.2, 0.25) is 5.15 Å². The number of fused-ring (bicyclic) bond motifs is 1. The van der Waals surface area contributed by atoms with Gasteiger partial charge in [0.05, 0.1) is 23.6 Å². The first kappa shape index (κ1) is 24.5. The Morgan fingerprint density at radius 2 is 1.89 bits per heavy atom. The fourth-order valence-corrected chi connectivity index (χ4v) is 3.51. The lowest BCUT2D eigenvalue weighted by atomic mass is 10.2. The zero-order chi connectivity index (χ0) is 25.2. The summed E-state index contributed by atoms with van der Waals surface area (Å²) in [5, 5.41) is 10.1. The zero-order valence-corrected chi connectivity index (χ0v) is 18.8. The predicted octanol–water partition coefficient (Wildman–Crippen LogP) is 3.84. The molecule has 4 aromatic rings. The first-order valence-electron chi connectivity index (χ1n) is 10.2. The molecule has 0 fully saturated rings. The molecule has 9 nitrogen and oxygen atoms in total. The van der Waals surface area contributed by atoms with Crippen LogP contribution in [0, 0.1) is 5.82 Å². The summed E-state index contributed by atoms with van der Waals surface area (Å²) in [6, 6.07) is 9.26. The summed E-state index contributed by atoms with van der Waals surface area (Å²) in [4.78, 5) is 16.8. The van der Waals surface area contributed by atoms with Crippen LogP contribution in [-0.2, 0) is 24.5 Å². The number of halogens is 5. The number of nitrogens with zero attached hydrogens (tertiary/aromatic N) is 6. The number of alkyl halides is 3. The van der Waals surface area contributed by atoms with Crippen LogP contribution in [-0.4, -0.2) is 42.3 Å². The first-order valence-corrected chi connectivity index (χ1v) is 10.6. The van der Waals surface area contributed by atoms with E-state index < -0.39 is 41.1 Å². The van der Waals surface area contributed by atoms with Gasteiger partial charge in [0.2, 0.25) is 5.88 Å². The van der Waals surface area contributed by atoms with Gasteiger partial charge >= 0.3 is 11.9 Å². The fourth-order valence-electron chi connectivity index (χ4n) is 3.28. The normalized spacial score (nSPS) is 11.8. The van der Waals surface area contributed by atoms with Gasteiger partial charge in [0, 0.05) is 6.54 Å². The molecule has 0 amide bonds. The minimum Gasteiger partial charge on any atom is -0.467 e. The third-order valence-corrected chi connectivity index (χ3v) is 5.10. The van der Waals surface area contributed by atoms with Crippen LogP contribution in [0.3, 0.4) is 0 Å². The second-order valence-corrected chi connectivity index (χ2v) is 7.57. The van der Waals surface area contributed by atoms with Crippen molar-refractivity contribution in [2.24, 2.45) is 0 Å². The molecule has 0 aliphatic carbocycles. The maximum Gasteiger partial charge on any atom is 0.422 e. The van der Waals surface area contributed by atoms with Gasteiger partial charge in [-0.3, -0.25) is 4.57 Å². The van der Waals surface area contributed by atoms with Gasteiger partial charge in [-0.1, -0.05) is 41.9 Å². The molecule has 1 aromatic carbocycles. The highest BCUT2D eigenvalue weighted by molar-refractivity contribution is 6.34. The van der Waals surface area contributed by atoms with E-state index in [2.05, 4.69) is 20.3 Å². The van der Waals surface area contributed by atoms with Crippen molar-refractivity contribution in [2.75, 3.05) is 6.61 Å². The molecule has 0 saturated heterocycles. The minimum atomic E-state index is -4.71. The van der Waals surface area contributed by atoms with E-state index in [-0.39, 0.29) is 36.4 Å². The smallest absolute Gasteiger partial charge is 0.422 e. The fraction of sp³-hybridized carbons (Fsp3) is 0.286. The third-order valence-electron chi connectivity index (χ3n) is 4.83. The number of benzene rings is 1. The van der Waals surface area contributed by atoms with E-state index in [9.17, 15) is 18.0 Å². The lowest BCUT2D eigenvalue weighted by molar-refractivity contribution is -0.153. The van der Waals surface area contributed by atoms with E-state index in [1.807, 2.05) is 30.3 Å². The average molecular weight is 513 g/mol. The lowest BCUT2D eigenvalue weighted by Gasteiger charge is -2.13. The summed E-state index contributed by atoms with van der Waals surface area (Å²) in [6.45, 7) is 0.268. The van der Waals surface area contributed by atoms with Crippen molar-refractivity contribution < 1.29 is 27.0 Å². The SMILES string of the molecule is CCn1c(COCc2ccccc2)nn(-c2nc(OCC(F)(F)F)c3c(Cl)nncc3c2F)c1=O. The Morgan fingerprint density at radius 1 is 1.14 bits per heavy atom. The number of hydrogen-bond acceptors (Lipinski definition) is 7. The van der Waals surface area contributed by atoms with Crippen molar-refractivity contribution in [1.29, 1.82) is 0 Å². The topological polar surface area (TPSA) is 97.0 Å². The van der Waals surface area contributed by atoms with Crippen molar-refractivity contribution >= 4 is 22.4 Å². The quantitative estimate of drug-likeness (QED) is 0.331. The van der Waals surface area contributed by atoms with Crippen LogP contribution in [0.1, 0.15) is 18.3 Å². The van der Waals surface area contributed by atoms with Crippen molar-refractivity contribution in [3.63, 3.8) is 0 Å². The van der Waals surface area contributed by atoms with E-state index in [1.165, 1.54) is 4.57 Å². The van der Waals surface area contributed by atoms with Gasteiger partial charge in [0.25, 0.3) is 0 Å². The maximum atomic E-state index is 15.4. The number of hydrogen-bond donors (Lipinski definition) is 0. The molecule has 14 heteroatoms. The average Bonchev–Trinajstić information content (AvgIpc) is 3.14. The molecule has 3 aromatic heterocycles. The molecule has 3 heterocycles. The van der Waals surface area contributed by atoms with Crippen LogP contribution in [0.4, 0.5) is 17.6 Å². The first-order chi connectivity index (χ1) is 16.7. The summed E-state index contributed by atoms with van der Waals surface area (Å²) in [5.74, 6) is -2.28. The van der Waals surface area contributed by atoms with E-state index >= 15 is 4.39 Å². The van der Waals surface area contributed by atoms with Crippen LogP contribution in [0.25, 0.3) is 16.6 Å². The molecule has 0 spiro atoms. The zero-order valence-electron chi connectivity index (χ0n) is 18.1. The van der Waals surface area contributed by atoms with Gasteiger partial charge in [0.1, 0.15) is 6.61 Å². The minimum absolute atomic E-state index is 0.0884. The highest BCUT2D eigenvalue weighted by atomic mass is 35.5. The monoisotopic (exact) mass is 512 g/mol. The number of rotatable bonds is 8. The number of pyridine rings is 1. The van der Waals surface area contributed by atoms with Crippen LogP contribution >= 0.6 is 11.6 Å². The van der Waals surface area contributed by atoms with Gasteiger partial charge in [-0.05, 0) is 12.5 Å². The van der Waals surface area contributed by atoms with E-state index in [4.69, 9.17) is 21.1 Å². The molecule has 184 valence electrons. The van der Waals surface area contributed by atoms with Gasteiger partial charge in [-0.15, -0.1) is 10.2 Å². The van der Waals surface area contributed by atoms with Crippen molar-refractivity contribution in [1.82, 2.24) is 29.5 Å². The van der Waals surface area contributed by atoms with E-state index in [0.29, 0.717) is 4.68 Å². The van der Waals surface area contributed by atoms with Crippen molar-refractivity contribution in [3.05, 3.63) is 69.4 Å². The molecule has 0 radical (unpaired) electrons. The molecule has 0 saturated carbocycles. The van der Waals surface area contributed by atoms with Crippen LogP contribution in [0.15, 0.2) is 41.3 Å². The molecule has 0 aliphatic rings. The number of aromatic nitrogens is 6. The van der Waals surface area contributed by atoms with Gasteiger partial charge in [-0.2, -0.15) is 27.9 Å². The Kier molecular flexibility index (Phi) is 6.98. The highest BCUT2D eigenvalue weighted by Gasteiger charge is 2.31. The van der Waals surface area contributed by atoms with E-state index in [1.54, 1.807) is 6.92 Å². The van der Waals surface area contributed by atoms with Crippen LogP contribution < -0.4 is 10.4 Å². The van der Waals surface area contributed by atoms with Gasteiger partial charge in [0.15, 0.2) is 29.2 Å². The Labute approximate surface area is 199 Å². The molecule has 0 N–H and O–H groups in total. The van der Waals surface area contributed by atoms with Gasteiger partial charge in [-0.25, -0.2) is 9.18 Å². The maximum absolute atomic E-state index is 15.4. The summed E-state index contributed by atoms with van der Waals surface area (Å²) in [7, 11) is 0. The molecular formula is C21H17ClF4N6O3.